The van der Waals surface area contributed by atoms with Crippen LogP contribution in [0.5, 0.6) is 0 Å². The van der Waals surface area contributed by atoms with Gasteiger partial charge < -0.3 is 20.7 Å². The summed E-state index contributed by atoms with van der Waals surface area (Å²) in [5, 5.41) is 22.9. The molecule has 2 aromatic rings. The van der Waals surface area contributed by atoms with Crippen molar-refractivity contribution in [3.8, 4) is 0 Å². The Morgan fingerprint density at radius 3 is 2.90 bits per heavy atom. The van der Waals surface area contributed by atoms with Gasteiger partial charge in [-0.3, -0.25) is 9.78 Å². The largest absolute Gasteiger partial charge is 0.394 e. The van der Waals surface area contributed by atoms with E-state index in [1.54, 1.807) is 0 Å². The van der Waals surface area contributed by atoms with Crippen LogP contribution in [0.3, 0.4) is 0 Å². The maximum absolute atomic E-state index is 11.8. The number of aromatic amines is 1. The molecule has 0 radical (unpaired) electrons. The highest BCUT2D eigenvalue weighted by Crippen LogP contribution is 2.15. The third kappa shape index (κ3) is 2.92. The normalized spacial score (nSPS) is 14.6. The Hall–Kier alpha value is -1.24. The Morgan fingerprint density at radius 2 is 2.30 bits per heavy atom. The highest BCUT2D eigenvalue weighted by Gasteiger charge is 2.18. The monoisotopic (exact) mass is 395 g/mol. The lowest BCUT2D eigenvalue weighted by Gasteiger charge is -2.17. The summed E-state index contributed by atoms with van der Waals surface area (Å²) in [6, 6.07) is 0. The van der Waals surface area contributed by atoms with Gasteiger partial charge >= 0.3 is 0 Å². The smallest absolute Gasteiger partial charge is 0.264 e. The molecule has 9 nitrogen and oxygen atoms in total. The second-order valence-electron chi connectivity index (χ2n) is 4.20. The van der Waals surface area contributed by atoms with Crippen LogP contribution in [0.4, 0.5) is 5.95 Å². The zero-order valence-corrected chi connectivity index (χ0v) is 12.7. The summed E-state index contributed by atoms with van der Waals surface area (Å²) < 4.78 is 7.16. The zero-order chi connectivity index (χ0) is 14.9. The number of hydrogen-bond donors (Lipinski definition) is 4. The Bertz CT molecular complexity index is 667. The van der Waals surface area contributed by atoms with Gasteiger partial charge in [0.2, 0.25) is 5.95 Å². The van der Waals surface area contributed by atoms with E-state index in [2.05, 4.69) is 15.1 Å². The molecule has 0 aliphatic carbocycles. The number of ether oxygens (including phenoxy) is 1. The second-order valence-corrected chi connectivity index (χ2v) is 5.22. The third-order valence-electron chi connectivity index (χ3n) is 2.71. The number of aromatic nitrogens is 4. The molecule has 1 unspecified atom stereocenters. The van der Waals surface area contributed by atoms with Crippen molar-refractivity contribution in [2.45, 2.75) is 25.9 Å². The molecule has 2 heterocycles. The predicted octanol–water partition coefficient (Wildman–Crippen LogP) is -0.978. The van der Waals surface area contributed by atoms with Gasteiger partial charge in [-0.25, -0.2) is 4.68 Å². The molecule has 5 N–H and O–H groups in total. The van der Waals surface area contributed by atoms with Crippen molar-refractivity contribution in [3.05, 3.63) is 14.1 Å². The fourth-order valence-electron chi connectivity index (χ4n) is 1.66. The number of aliphatic hydroxyl groups excluding tert-OH is 2. The highest BCUT2D eigenvalue weighted by molar-refractivity contribution is 14.1. The number of hydrogen-bond acceptors (Lipinski definition) is 7. The van der Waals surface area contributed by atoms with Gasteiger partial charge in [-0.2, -0.15) is 10.1 Å². The quantitative estimate of drug-likeness (QED) is 0.478. The van der Waals surface area contributed by atoms with E-state index in [4.69, 9.17) is 15.6 Å². The molecular weight excluding hydrogens is 381 g/mol. The number of nitrogens with two attached hydrogens (primary N) is 1. The lowest BCUT2D eigenvalue weighted by molar-refractivity contribution is -0.0832. The molecule has 0 saturated carbocycles. The van der Waals surface area contributed by atoms with E-state index >= 15 is 0 Å². The van der Waals surface area contributed by atoms with Crippen LogP contribution in [0.15, 0.2) is 4.79 Å². The number of rotatable bonds is 5. The number of H-pyrrole nitrogens is 1. The number of nitrogens with one attached hydrogen (secondary N) is 1. The molecule has 0 spiro atoms. The summed E-state index contributed by atoms with van der Waals surface area (Å²) >= 11 is 1.91. The summed E-state index contributed by atoms with van der Waals surface area (Å²) in [6.45, 7) is 1.11. The molecule has 0 amide bonds. The summed E-state index contributed by atoms with van der Waals surface area (Å²) in [7, 11) is 0. The SMILES string of the molecule is CC(O)[C@@H](CO)OCn1nc(I)c2c(=O)[nH]c(N)nc21. The first kappa shape index (κ1) is 15.2. The molecule has 110 valence electrons. The van der Waals surface area contributed by atoms with Gasteiger partial charge in [0.1, 0.15) is 21.9 Å². The third-order valence-corrected chi connectivity index (χ3v) is 3.46. The topological polar surface area (TPSA) is 139 Å². The van der Waals surface area contributed by atoms with Crippen molar-refractivity contribution >= 4 is 39.6 Å². The molecular formula is C10H14IN5O4. The number of fused-ring (bicyclic) bond motifs is 1. The Balaban J connectivity index is 2.34. The minimum absolute atomic E-state index is 0.0192. The van der Waals surface area contributed by atoms with Gasteiger partial charge in [0.05, 0.1) is 12.7 Å². The van der Waals surface area contributed by atoms with Crippen LogP contribution in [0.25, 0.3) is 11.0 Å². The minimum Gasteiger partial charge on any atom is -0.394 e. The van der Waals surface area contributed by atoms with Gasteiger partial charge in [-0.05, 0) is 29.5 Å². The number of nitrogen functional groups attached to an aromatic ring is 1. The molecule has 2 aromatic heterocycles. The molecule has 20 heavy (non-hydrogen) atoms. The first-order chi connectivity index (χ1) is 9.43. The number of halogens is 1. The lowest BCUT2D eigenvalue weighted by Crippen LogP contribution is -2.31. The molecule has 0 fully saturated rings. The molecule has 2 rings (SSSR count). The summed E-state index contributed by atoms with van der Waals surface area (Å²) in [5.74, 6) is -0.0192. The van der Waals surface area contributed by atoms with Crippen molar-refractivity contribution in [1.82, 2.24) is 19.7 Å². The van der Waals surface area contributed by atoms with Crippen LogP contribution < -0.4 is 11.3 Å². The summed E-state index contributed by atoms with van der Waals surface area (Å²) in [6.07, 6.45) is -1.58. The molecule has 0 bridgehead atoms. The summed E-state index contributed by atoms with van der Waals surface area (Å²) in [4.78, 5) is 18.2. The fourth-order valence-corrected chi connectivity index (χ4v) is 2.40. The van der Waals surface area contributed by atoms with E-state index in [-0.39, 0.29) is 30.5 Å². The zero-order valence-electron chi connectivity index (χ0n) is 10.6. The van der Waals surface area contributed by atoms with E-state index in [1.165, 1.54) is 11.6 Å². The maximum Gasteiger partial charge on any atom is 0.264 e. The van der Waals surface area contributed by atoms with Crippen molar-refractivity contribution < 1.29 is 14.9 Å². The van der Waals surface area contributed by atoms with Crippen molar-refractivity contribution in [2.75, 3.05) is 12.3 Å². The Kier molecular flexibility index (Phi) is 4.57. The standard InChI is InChI=1S/C10H14IN5O4/c1-4(18)5(2-17)20-3-16-8-6(7(11)15-16)9(19)14-10(12)13-8/h4-5,17-18H,2-3H2,1H3,(H3,12,13,14,19)/t4?,5-/m1/s1. The minimum atomic E-state index is -0.831. The van der Waals surface area contributed by atoms with Crippen LogP contribution in [0.1, 0.15) is 6.92 Å². The molecule has 0 saturated heterocycles. The number of anilines is 1. The van der Waals surface area contributed by atoms with Crippen LogP contribution in [-0.4, -0.2) is 48.8 Å². The van der Waals surface area contributed by atoms with Crippen LogP contribution in [-0.2, 0) is 11.5 Å². The van der Waals surface area contributed by atoms with Crippen molar-refractivity contribution in [3.63, 3.8) is 0 Å². The van der Waals surface area contributed by atoms with E-state index < -0.39 is 12.2 Å². The van der Waals surface area contributed by atoms with Crippen LogP contribution >= 0.6 is 22.6 Å². The van der Waals surface area contributed by atoms with Crippen molar-refractivity contribution in [1.29, 1.82) is 0 Å². The van der Waals surface area contributed by atoms with Gasteiger partial charge in [-0.1, -0.05) is 0 Å². The van der Waals surface area contributed by atoms with Crippen molar-refractivity contribution in [2.24, 2.45) is 0 Å². The van der Waals surface area contributed by atoms with E-state index in [0.29, 0.717) is 9.09 Å². The first-order valence-corrected chi connectivity index (χ1v) is 6.84. The van der Waals surface area contributed by atoms with Gasteiger partial charge in [0, 0.05) is 0 Å². The molecule has 2 atom stereocenters. The van der Waals surface area contributed by atoms with Gasteiger partial charge in [0.15, 0.2) is 5.65 Å². The number of aliphatic hydroxyl groups is 2. The first-order valence-electron chi connectivity index (χ1n) is 5.76. The van der Waals surface area contributed by atoms with Crippen LogP contribution in [0, 0.1) is 3.70 Å². The maximum atomic E-state index is 11.8. The number of nitrogens with zero attached hydrogens (tertiary/aromatic N) is 3. The fraction of sp³-hybridized carbons (Fsp3) is 0.500. The average molecular weight is 395 g/mol. The predicted molar refractivity (Wildman–Crippen MR) is 78.9 cm³/mol. The van der Waals surface area contributed by atoms with E-state index in [0.717, 1.165) is 0 Å². The molecule has 0 aliphatic rings. The Labute approximate surface area is 126 Å². The lowest BCUT2D eigenvalue weighted by atomic mass is 10.2. The van der Waals surface area contributed by atoms with E-state index in [9.17, 15) is 9.90 Å². The van der Waals surface area contributed by atoms with Gasteiger partial charge in [-0.15, -0.1) is 0 Å². The Morgan fingerprint density at radius 1 is 1.60 bits per heavy atom. The molecule has 0 aliphatic heterocycles. The van der Waals surface area contributed by atoms with Crippen LogP contribution in [0.2, 0.25) is 0 Å². The highest BCUT2D eigenvalue weighted by atomic mass is 127. The van der Waals surface area contributed by atoms with E-state index in [1.807, 2.05) is 22.6 Å². The molecule has 0 aromatic carbocycles. The average Bonchev–Trinajstić information content (AvgIpc) is 2.66. The van der Waals surface area contributed by atoms with Gasteiger partial charge in [0.25, 0.3) is 5.56 Å². The second kappa shape index (κ2) is 6.03. The summed E-state index contributed by atoms with van der Waals surface area (Å²) in [5.41, 5.74) is 5.41. The molecule has 10 heteroatoms.